The molecule has 0 radical (unpaired) electrons. The Bertz CT molecular complexity index is 1330. The van der Waals surface area contributed by atoms with Gasteiger partial charge in [0.25, 0.3) is 0 Å². The molecule has 4 aromatic rings. The van der Waals surface area contributed by atoms with Crippen molar-refractivity contribution >= 4 is 29.1 Å². The van der Waals surface area contributed by atoms with Gasteiger partial charge in [0.2, 0.25) is 0 Å². The summed E-state index contributed by atoms with van der Waals surface area (Å²) in [5.74, 6) is -0.983. The molecule has 2 heterocycles. The van der Waals surface area contributed by atoms with Gasteiger partial charge in [-0.3, -0.25) is 10.1 Å². The van der Waals surface area contributed by atoms with Crippen LogP contribution in [0.15, 0.2) is 59.3 Å². The number of carboxylic acid groups (broad SMARTS) is 1. The molecular formula is C24H20FN3O5S. The number of anilines is 1. The van der Waals surface area contributed by atoms with Crippen LogP contribution in [-0.2, 0) is 16.0 Å². The van der Waals surface area contributed by atoms with Crippen LogP contribution in [0.5, 0.6) is 0 Å². The van der Waals surface area contributed by atoms with E-state index in [1.807, 2.05) is 0 Å². The van der Waals surface area contributed by atoms with Crippen molar-refractivity contribution in [3.63, 3.8) is 0 Å². The Hall–Kier alpha value is -4.05. The summed E-state index contributed by atoms with van der Waals surface area (Å²) < 4.78 is 24.6. The van der Waals surface area contributed by atoms with Crippen molar-refractivity contribution in [3.05, 3.63) is 77.4 Å². The number of ether oxygens (including phenoxy) is 1. The van der Waals surface area contributed by atoms with Gasteiger partial charge in [0.15, 0.2) is 5.76 Å². The molecule has 0 aliphatic carbocycles. The molecule has 0 saturated heterocycles. The fraction of sp³-hybridized carbons (Fsp3) is 0.167. The number of rotatable bonds is 7. The number of thiazole rings is 1. The summed E-state index contributed by atoms with van der Waals surface area (Å²) in [6.45, 7) is 3.23. The number of carbonyl (C=O) groups is 2. The molecule has 0 aliphatic heterocycles. The second-order valence-electron chi connectivity index (χ2n) is 7.45. The monoisotopic (exact) mass is 481 g/mol. The third-order valence-corrected chi connectivity index (χ3v) is 6.07. The third kappa shape index (κ3) is 5.12. The van der Waals surface area contributed by atoms with E-state index >= 15 is 0 Å². The van der Waals surface area contributed by atoms with E-state index in [1.165, 1.54) is 17.4 Å². The van der Waals surface area contributed by atoms with Gasteiger partial charge in [-0.05, 0) is 25.5 Å². The number of aromatic nitrogens is 2. The largest absolute Gasteiger partial charge is 0.481 e. The molecule has 0 fully saturated rings. The Morgan fingerprint density at radius 1 is 1.21 bits per heavy atom. The smallest absolute Gasteiger partial charge is 0.412 e. The van der Waals surface area contributed by atoms with Crippen molar-refractivity contribution in [1.82, 2.24) is 10.1 Å². The molecule has 0 spiro atoms. The average molecular weight is 482 g/mol. The lowest BCUT2D eigenvalue weighted by Crippen LogP contribution is -2.17. The molecule has 174 valence electrons. The first-order valence-corrected chi connectivity index (χ1v) is 11.1. The predicted octanol–water partition coefficient (Wildman–Crippen LogP) is 5.85. The second-order valence-corrected chi connectivity index (χ2v) is 8.48. The van der Waals surface area contributed by atoms with Crippen molar-refractivity contribution in [2.24, 2.45) is 0 Å². The third-order valence-electron chi connectivity index (χ3n) is 5.01. The van der Waals surface area contributed by atoms with Crippen LogP contribution in [0, 0.1) is 12.7 Å². The van der Waals surface area contributed by atoms with Crippen LogP contribution in [0.1, 0.15) is 29.9 Å². The summed E-state index contributed by atoms with van der Waals surface area (Å²) in [4.78, 5) is 28.4. The van der Waals surface area contributed by atoms with Crippen molar-refractivity contribution in [2.75, 3.05) is 5.32 Å². The second kappa shape index (κ2) is 9.84. The lowest BCUT2D eigenvalue weighted by Gasteiger charge is -2.14. The van der Waals surface area contributed by atoms with Crippen LogP contribution < -0.4 is 5.32 Å². The number of amides is 1. The molecule has 0 aliphatic rings. The normalized spacial score (nSPS) is 11.7. The Morgan fingerprint density at radius 2 is 1.94 bits per heavy atom. The molecule has 2 aromatic carbocycles. The summed E-state index contributed by atoms with van der Waals surface area (Å²) in [5.41, 5.74) is 2.49. The maximum absolute atomic E-state index is 14.0. The van der Waals surface area contributed by atoms with Crippen molar-refractivity contribution < 1.29 is 28.3 Å². The van der Waals surface area contributed by atoms with Gasteiger partial charge < -0.3 is 14.4 Å². The van der Waals surface area contributed by atoms with Crippen LogP contribution in [-0.4, -0.2) is 27.3 Å². The minimum Gasteiger partial charge on any atom is -0.481 e. The summed E-state index contributed by atoms with van der Waals surface area (Å²) in [7, 11) is 0. The minimum absolute atomic E-state index is 0.0533. The summed E-state index contributed by atoms with van der Waals surface area (Å²) in [6.07, 6.45) is -0.0191. The zero-order chi connectivity index (χ0) is 24.2. The number of halogens is 1. The number of aryl methyl sites for hydroxylation is 1. The SMILES string of the molecule is Cc1onc(-c2cnc(-c3ccc(CC(=O)O)cc3)s2)c1NC(=O)OC(C)c1ccccc1F. The van der Waals surface area contributed by atoms with Gasteiger partial charge in [-0.25, -0.2) is 14.2 Å². The maximum atomic E-state index is 14.0. The Balaban J connectivity index is 1.50. The van der Waals surface area contributed by atoms with Crippen LogP contribution in [0.2, 0.25) is 0 Å². The number of nitrogens with one attached hydrogen (secondary N) is 1. The van der Waals surface area contributed by atoms with E-state index in [0.717, 1.165) is 5.56 Å². The molecule has 34 heavy (non-hydrogen) atoms. The molecule has 1 amide bonds. The summed E-state index contributed by atoms with van der Waals surface area (Å²) in [6, 6.07) is 13.2. The zero-order valence-electron chi connectivity index (χ0n) is 18.2. The molecular weight excluding hydrogens is 461 g/mol. The van der Waals surface area contributed by atoms with Crippen LogP contribution in [0.3, 0.4) is 0 Å². The van der Waals surface area contributed by atoms with E-state index < -0.39 is 24.0 Å². The number of nitrogens with zero attached hydrogens (tertiary/aromatic N) is 2. The van der Waals surface area contributed by atoms with E-state index in [2.05, 4.69) is 15.5 Å². The van der Waals surface area contributed by atoms with E-state index in [4.69, 9.17) is 14.4 Å². The first kappa shape index (κ1) is 23.1. The standard InChI is InChI=1S/C24H20FN3O5S/c1-13(17-5-3-4-6-18(17)25)32-24(31)27-21-14(2)33-28-22(21)19-12-26-23(34-19)16-9-7-15(8-10-16)11-20(29)30/h3-10,12-13H,11H2,1-2H3,(H,27,31)(H,29,30). The number of benzene rings is 2. The van der Waals surface area contributed by atoms with Gasteiger partial charge >= 0.3 is 12.1 Å². The molecule has 0 saturated carbocycles. The van der Waals surface area contributed by atoms with Crippen molar-refractivity contribution in [3.8, 4) is 21.1 Å². The van der Waals surface area contributed by atoms with Gasteiger partial charge in [-0.2, -0.15) is 0 Å². The van der Waals surface area contributed by atoms with Crippen molar-refractivity contribution in [1.29, 1.82) is 0 Å². The highest BCUT2D eigenvalue weighted by Crippen LogP contribution is 2.37. The van der Waals surface area contributed by atoms with Crippen LogP contribution in [0.25, 0.3) is 21.1 Å². The molecule has 1 atom stereocenters. The highest BCUT2D eigenvalue weighted by Gasteiger charge is 2.22. The van der Waals surface area contributed by atoms with E-state index in [-0.39, 0.29) is 12.0 Å². The lowest BCUT2D eigenvalue weighted by molar-refractivity contribution is -0.136. The highest BCUT2D eigenvalue weighted by molar-refractivity contribution is 7.18. The number of carbonyl (C=O) groups excluding carboxylic acids is 1. The number of carboxylic acids is 1. The fourth-order valence-corrected chi connectivity index (χ4v) is 4.21. The molecule has 8 nitrogen and oxygen atoms in total. The predicted molar refractivity (Wildman–Crippen MR) is 124 cm³/mol. The molecule has 2 aromatic heterocycles. The Labute approximate surface area is 198 Å². The quantitative estimate of drug-likeness (QED) is 0.340. The lowest BCUT2D eigenvalue weighted by atomic mass is 10.1. The van der Waals surface area contributed by atoms with Crippen LogP contribution >= 0.6 is 11.3 Å². The molecule has 0 bridgehead atoms. The maximum Gasteiger partial charge on any atom is 0.412 e. The van der Waals surface area contributed by atoms with Crippen molar-refractivity contribution in [2.45, 2.75) is 26.4 Å². The van der Waals surface area contributed by atoms with E-state index in [0.29, 0.717) is 32.6 Å². The number of aliphatic carboxylic acids is 1. The van der Waals surface area contributed by atoms with Gasteiger partial charge in [-0.1, -0.05) is 47.6 Å². The summed E-state index contributed by atoms with van der Waals surface area (Å²) in [5, 5.41) is 16.3. The van der Waals surface area contributed by atoms with Gasteiger partial charge in [-0.15, -0.1) is 11.3 Å². The van der Waals surface area contributed by atoms with Crippen LogP contribution in [0.4, 0.5) is 14.9 Å². The number of hydrogen-bond donors (Lipinski definition) is 2. The highest BCUT2D eigenvalue weighted by atomic mass is 32.1. The Morgan fingerprint density at radius 3 is 2.65 bits per heavy atom. The topological polar surface area (TPSA) is 115 Å². The van der Waals surface area contributed by atoms with Gasteiger partial charge in [0.05, 0.1) is 11.3 Å². The molecule has 10 heteroatoms. The minimum atomic E-state index is -0.896. The molecule has 4 rings (SSSR count). The fourth-order valence-electron chi connectivity index (χ4n) is 3.30. The first-order valence-electron chi connectivity index (χ1n) is 10.3. The zero-order valence-corrected chi connectivity index (χ0v) is 19.1. The molecule has 1 unspecified atom stereocenters. The van der Waals surface area contributed by atoms with Gasteiger partial charge in [0, 0.05) is 17.3 Å². The summed E-state index contributed by atoms with van der Waals surface area (Å²) >= 11 is 1.33. The first-order chi connectivity index (χ1) is 16.3. The van der Waals surface area contributed by atoms with E-state index in [1.54, 1.807) is 62.5 Å². The van der Waals surface area contributed by atoms with E-state index in [9.17, 15) is 14.0 Å². The molecule has 2 N–H and O–H groups in total. The van der Waals surface area contributed by atoms with Gasteiger partial charge in [0.1, 0.15) is 28.3 Å². The Kier molecular flexibility index (Phi) is 6.69. The average Bonchev–Trinajstić information content (AvgIpc) is 3.41. The number of hydrogen-bond acceptors (Lipinski definition) is 7.